The summed E-state index contributed by atoms with van der Waals surface area (Å²) in [7, 11) is 0. The predicted molar refractivity (Wildman–Crippen MR) is 218 cm³/mol. The summed E-state index contributed by atoms with van der Waals surface area (Å²) >= 11 is 0. The zero-order valence-corrected chi connectivity index (χ0v) is 28.4. The second kappa shape index (κ2) is 11.4. The quantitative estimate of drug-likeness (QED) is 0.175. The smallest absolute Gasteiger partial charge is 0.159 e. The molecule has 3 nitrogen and oxygen atoms in total. The molecular weight excluding hydrogens is 633 g/mol. The van der Waals surface area contributed by atoms with Gasteiger partial charge < -0.3 is 8.98 Å². The van der Waals surface area contributed by atoms with Crippen LogP contribution in [0.25, 0.3) is 98.9 Å². The second-order valence-corrected chi connectivity index (χ2v) is 13.8. The number of pyridine rings is 1. The Kier molecular flexibility index (Phi) is 6.38. The number of hydrogen-bond acceptors (Lipinski definition) is 2. The van der Waals surface area contributed by atoms with E-state index < -0.39 is 0 Å². The number of furan rings is 1. The number of allylic oxidation sites excluding steroid dienone is 4. The van der Waals surface area contributed by atoms with Crippen molar-refractivity contribution in [2.45, 2.75) is 12.8 Å². The third kappa shape index (κ3) is 4.36. The van der Waals surface area contributed by atoms with Crippen molar-refractivity contribution >= 4 is 71.0 Å². The van der Waals surface area contributed by atoms with Gasteiger partial charge in [-0.15, -0.1) is 0 Å². The van der Waals surface area contributed by atoms with Gasteiger partial charge in [0.05, 0.1) is 27.9 Å². The molecule has 0 aliphatic heterocycles. The van der Waals surface area contributed by atoms with Gasteiger partial charge in [0, 0.05) is 32.3 Å². The number of aromatic nitrogens is 2. The molecule has 3 heterocycles. The van der Waals surface area contributed by atoms with Crippen LogP contribution in [0.3, 0.4) is 0 Å². The minimum absolute atomic E-state index is 0.869. The van der Waals surface area contributed by atoms with Crippen LogP contribution in [0.15, 0.2) is 174 Å². The molecular formula is C49H32N2O. The molecule has 0 amide bonds. The van der Waals surface area contributed by atoms with Gasteiger partial charge in [0.1, 0.15) is 5.58 Å². The highest BCUT2D eigenvalue weighted by Gasteiger charge is 2.21. The SMILES string of the molecule is C1=CC(c2ccc3ccc4c(-c5cc(-c6ccccc6)cc6oc7c(-n8c9ccccc9c9ccccc98)cccc7c56)cccc4c3n2)=CCC1. The van der Waals surface area contributed by atoms with Gasteiger partial charge in [-0.05, 0) is 82.5 Å². The van der Waals surface area contributed by atoms with E-state index in [-0.39, 0.29) is 0 Å². The third-order valence-electron chi connectivity index (χ3n) is 10.8. The van der Waals surface area contributed by atoms with Gasteiger partial charge >= 0.3 is 0 Å². The van der Waals surface area contributed by atoms with Crippen molar-refractivity contribution in [1.82, 2.24) is 9.55 Å². The van der Waals surface area contributed by atoms with E-state index in [0.29, 0.717) is 0 Å². The first-order valence-electron chi connectivity index (χ1n) is 18.0. The van der Waals surface area contributed by atoms with Crippen LogP contribution in [-0.4, -0.2) is 9.55 Å². The van der Waals surface area contributed by atoms with Gasteiger partial charge in [-0.1, -0.05) is 133 Å². The van der Waals surface area contributed by atoms with Crippen molar-refractivity contribution in [3.8, 4) is 27.9 Å². The molecule has 0 atom stereocenters. The molecule has 3 heteroatoms. The van der Waals surface area contributed by atoms with Crippen LogP contribution in [0.5, 0.6) is 0 Å². The highest BCUT2D eigenvalue weighted by Crippen LogP contribution is 2.45. The first-order chi connectivity index (χ1) is 25.8. The number of rotatable bonds is 4. The van der Waals surface area contributed by atoms with Crippen molar-refractivity contribution in [2.75, 3.05) is 0 Å². The van der Waals surface area contributed by atoms with Crippen LogP contribution >= 0.6 is 0 Å². The molecule has 244 valence electrons. The molecule has 1 aliphatic carbocycles. The Morgan fingerprint density at radius 3 is 2.08 bits per heavy atom. The number of nitrogens with zero attached hydrogens (tertiary/aromatic N) is 2. The lowest BCUT2D eigenvalue weighted by molar-refractivity contribution is 0.666. The van der Waals surface area contributed by atoms with Gasteiger partial charge in [0.2, 0.25) is 0 Å². The van der Waals surface area contributed by atoms with E-state index in [9.17, 15) is 0 Å². The Labute approximate surface area is 300 Å². The highest BCUT2D eigenvalue weighted by molar-refractivity contribution is 6.20. The molecule has 10 aromatic rings. The Morgan fingerprint density at radius 2 is 1.27 bits per heavy atom. The predicted octanol–water partition coefficient (Wildman–Crippen LogP) is 13.5. The van der Waals surface area contributed by atoms with Crippen molar-refractivity contribution in [1.29, 1.82) is 0 Å². The van der Waals surface area contributed by atoms with E-state index in [1.807, 2.05) is 0 Å². The number of hydrogen-bond donors (Lipinski definition) is 0. The first kappa shape index (κ1) is 29.1. The van der Waals surface area contributed by atoms with Gasteiger partial charge in [0.25, 0.3) is 0 Å². The molecule has 0 spiro atoms. The molecule has 52 heavy (non-hydrogen) atoms. The number of para-hydroxylation sites is 3. The fourth-order valence-electron chi connectivity index (χ4n) is 8.42. The molecule has 11 rings (SSSR count). The van der Waals surface area contributed by atoms with Crippen LogP contribution in [0.2, 0.25) is 0 Å². The normalized spacial score (nSPS) is 13.3. The molecule has 0 bridgehead atoms. The summed E-state index contributed by atoms with van der Waals surface area (Å²) in [5.41, 5.74) is 12.9. The fourth-order valence-corrected chi connectivity index (χ4v) is 8.42. The summed E-state index contributed by atoms with van der Waals surface area (Å²) in [6.07, 6.45) is 8.89. The van der Waals surface area contributed by atoms with Crippen molar-refractivity contribution in [3.63, 3.8) is 0 Å². The largest absolute Gasteiger partial charge is 0.454 e. The molecule has 1 aliphatic rings. The molecule has 7 aromatic carbocycles. The maximum absolute atomic E-state index is 7.05. The van der Waals surface area contributed by atoms with Crippen molar-refractivity contribution in [3.05, 3.63) is 176 Å². The zero-order valence-electron chi connectivity index (χ0n) is 28.4. The number of benzene rings is 7. The van der Waals surface area contributed by atoms with Crippen molar-refractivity contribution < 1.29 is 4.42 Å². The maximum Gasteiger partial charge on any atom is 0.159 e. The number of fused-ring (bicyclic) bond motifs is 9. The van der Waals surface area contributed by atoms with E-state index in [1.54, 1.807) is 0 Å². The van der Waals surface area contributed by atoms with Crippen LogP contribution in [0.4, 0.5) is 0 Å². The topological polar surface area (TPSA) is 31.0 Å². The standard InChI is InChI=1S/C49H32N2O/c1-3-13-31(14-4-1)34-29-41(35-19-11-20-39-36(35)27-25-33-26-28-42(50-48(33)39)32-15-5-2-6-16-32)47-40-21-12-24-45(49(40)52-46(47)30-34)51-43-22-9-7-17-37(43)38-18-8-10-23-44(38)51/h1,3-5,7-30H,2,6H2. The van der Waals surface area contributed by atoms with E-state index in [0.717, 1.165) is 95.7 Å². The summed E-state index contributed by atoms with van der Waals surface area (Å²) in [6.45, 7) is 0. The third-order valence-corrected chi connectivity index (χ3v) is 10.8. The van der Waals surface area contributed by atoms with Crippen LogP contribution in [0, 0.1) is 0 Å². The van der Waals surface area contributed by atoms with Crippen molar-refractivity contribution in [2.24, 2.45) is 0 Å². The van der Waals surface area contributed by atoms with Crippen LogP contribution < -0.4 is 0 Å². The second-order valence-electron chi connectivity index (χ2n) is 13.8. The molecule has 0 saturated carbocycles. The van der Waals surface area contributed by atoms with E-state index in [4.69, 9.17) is 9.40 Å². The molecule has 0 fully saturated rings. The monoisotopic (exact) mass is 664 g/mol. The highest BCUT2D eigenvalue weighted by atomic mass is 16.3. The molecule has 0 saturated heterocycles. The lowest BCUT2D eigenvalue weighted by Crippen LogP contribution is -1.94. The Balaban J connectivity index is 1.21. The minimum Gasteiger partial charge on any atom is -0.454 e. The minimum atomic E-state index is 0.869. The van der Waals surface area contributed by atoms with Gasteiger partial charge in [-0.3, -0.25) is 0 Å². The Hall–Kier alpha value is -6.71. The average Bonchev–Trinajstić information content (AvgIpc) is 3.77. The molecule has 0 radical (unpaired) electrons. The lowest BCUT2D eigenvalue weighted by atomic mass is 9.91. The molecule has 3 aromatic heterocycles. The summed E-state index contributed by atoms with van der Waals surface area (Å²) in [6, 6.07) is 54.5. The van der Waals surface area contributed by atoms with E-state index in [2.05, 4.69) is 174 Å². The first-order valence-corrected chi connectivity index (χ1v) is 18.0. The van der Waals surface area contributed by atoms with E-state index in [1.165, 1.54) is 21.7 Å². The summed E-state index contributed by atoms with van der Waals surface area (Å²) < 4.78 is 9.41. The lowest BCUT2D eigenvalue weighted by Gasteiger charge is -2.13. The van der Waals surface area contributed by atoms with Gasteiger partial charge in [-0.25, -0.2) is 4.98 Å². The van der Waals surface area contributed by atoms with Crippen LogP contribution in [-0.2, 0) is 0 Å². The Bertz CT molecular complexity index is 3070. The maximum atomic E-state index is 7.05. The summed E-state index contributed by atoms with van der Waals surface area (Å²) in [4.78, 5) is 5.28. The molecule has 0 N–H and O–H groups in total. The summed E-state index contributed by atoms with van der Waals surface area (Å²) in [5, 5.41) is 8.13. The zero-order chi connectivity index (χ0) is 34.2. The molecule has 0 unspecified atom stereocenters. The Morgan fingerprint density at radius 1 is 0.538 bits per heavy atom. The van der Waals surface area contributed by atoms with Gasteiger partial charge in [-0.2, -0.15) is 0 Å². The van der Waals surface area contributed by atoms with Crippen LogP contribution in [0.1, 0.15) is 18.5 Å². The average molecular weight is 665 g/mol. The van der Waals surface area contributed by atoms with E-state index >= 15 is 0 Å². The van der Waals surface area contributed by atoms with Gasteiger partial charge in [0.15, 0.2) is 5.58 Å². The summed E-state index contributed by atoms with van der Waals surface area (Å²) in [5.74, 6) is 0. The fraction of sp³-hybridized carbons (Fsp3) is 0.0408.